The Morgan fingerprint density at radius 3 is 2.62 bits per heavy atom. The summed E-state index contributed by atoms with van der Waals surface area (Å²) in [5.41, 5.74) is 2.62. The Balaban J connectivity index is 1.66. The molecule has 0 aliphatic heterocycles. The van der Waals surface area contributed by atoms with Crippen LogP contribution in [-0.2, 0) is 30.4 Å². The average Bonchev–Trinajstić information content (AvgIpc) is 2.95. The molecule has 3 aromatic rings. The molecule has 3 nitrogen and oxygen atoms in total. The van der Waals surface area contributed by atoms with E-state index in [1.54, 1.807) is 0 Å². The third-order valence-electron chi connectivity index (χ3n) is 5.25. The molecule has 0 unspecified atom stereocenters. The van der Waals surface area contributed by atoms with Gasteiger partial charge in [0.25, 0.3) is 0 Å². The van der Waals surface area contributed by atoms with Gasteiger partial charge in [-0.25, -0.2) is 4.79 Å². The number of fused-ring (bicyclic) bond motifs is 2. The first kappa shape index (κ1) is 19.4. The zero-order valence-corrected chi connectivity index (χ0v) is 15.8. The zero-order valence-electron chi connectivity index (χ0n) is 15.8. The van der Waals surface area contributed by atoms with Crippen molar-refractivity contribution in [1.82, 2.24) is 4.98 Å². The first-order chi connectivity index (χ1) is 13.9. The standard InChI is InChI=1S/C23H20F3NO2/c24-23(25,26)16-8-6-7-15(13-16)14-29-22(28)21-17-9-2-1-3-11-19(17)27-20-12-5-4-10-18(20)21/h4-8,10,12-13H,1-3,9,11,14H2. The van der Waals surface area contributed by atoms with E-state index in [0.717, 1.165) is 66.4 Å². The van der Waals surface area contributed by atoms with Crippen molar-refractivity contribution in [2.45, 2.75) is 44.9 Å². The summed E-state index contributed by atoms with van der Waals surface area (Å²) in [6, 6.07) is 12.3. The zero-order chi connectivity index (χ0) is 20.4. The number of hydrogen-bond donors (Lipinski definition) is 0. The third-order valence-corrected chi connectivity index (χ3v) is 5.25. The van der Waals surface area contributed by atoms with Crippen molar-refractivity contribution < 1.29 is 22.7 Å². The summed E-state index contributed by atoms with van der Waals surface area (Å²) in [6.45, 7) is -0.214. The molecule has 29 heavy (non-hydrogen) atoms. The van der Waals surface area contributed by atoms with E-state index in [1.165, 1.54) is 12.1 Å². The quantitative estimate of drug-likeness (QED) is 0.408. The van der Waals surface area contributed by atoms with Gasteiger partial charge in [0.15, 0.2) is 0 Å². The third kappa shape index (κ3) is 4.11. The highest BCUT2D eigenvalue weighted by molar-refractivity contribution is 6.05. The van der Waals surface area contributed by atoms with Gasteiger partial charge in [-0.2, -0.15) is 13.2 Å². The molecule has 0 N–H and O–H groups in total. The normalized spacial score (nSPS) is 14.3. The number of halogens is 3. The lowest BCUT2D eigenvalue weighted by molar-refractivity contribution is -0.137. The molecule has 0 saturated heterocycles. The Labute approximate surface area is 166 Å². The van der Waals surface area contributed by atoms with Gasteiger partial charge < -0.3 is 4.74 Å². The fourth-order valence-electron chi connectivity index (χ4n) is 3.84. The van der Waals surface area contributed by atoms with Crippen molar-refractivity contribution >= 4 is 16.9 Å². The number of aryl methyl sites for hydroxylation is 1. The lowest BCUT2D eigenvalue weighted by atomic mass is 9.97. The molecular weight excluding hydrogens is 379 g/mol. The highest BCUT2D eigenvalue weighted by Crippen LogP contribution is 2.31. The lowest BCUT2D eigenvalue weighted by Gasteiger charge is -2.15. The van der Waals surface area contributed by atoms with E-state index in [2.05, 4.69) is 0 Å². The van der Waals surface area contributed by atoms with E-state index < -0.39 is 17.7 Å². The lowest BCUT2D eigenvalue weighted by Crippen LogP contribution is -2.13. The summed E-state index contributed by atoms with van der Waals surface area (Å²) in [7, 11) is 0. The van der Waals surface area contributed by atoms with E-state index in [4.69, 9.17) is 9.72 Å². The minimum Gasteiger partial charge on any atom is -0.457 e. The molecule has 2 aromatic carbocycles. The van der Waals surface area contributed by atoms with Crippen LogP contribution in [0.3, 0.4) is 0 Å². The van der Waals surface area contributed by atoms with Crippen molar-refractivity contribution in [3.05, 3.63) is 76.5 Å². The van der Waals surface area contributed by atoms with Gasteiger partial charge in [-0.15, -0.1) is 0 Å². The van der Waals surface area contributed by atoms with E-state index in [1.807, 2.05) is 24.3 Å². The fourth-order valence-corrected chi connectivity index (χ4v) is 3.84. The van der Waals surface area contributed by atoms with Crippen LogP contribution < -0.4 is 0 Å². The van der Waals surface area contributed by atoms with Gasteiger partial charge in [-0.1, -0.05) is 36.8 Å². The van der Waals surface area contributed by atoms with Crippen LogP contribution in [0.5, 0.6) is 0 Å². The molecule has 150 valence electrons. The van der Waals surface area contributed by atoms with Gasteiger partial charge in [-0.05, 0) is 55.0 Å². The number of aromatic nitrogens is 1. The van der Waals surface area contributed by atoms with Gasteiger partial charge in [-0.3, -0.25) is 4.98 Å². The Hall–Kier alpha value is -2.89. The van der Waals surface area contributed by atoms with Crippen LogP contribution in [0.15, 0.2) is 48.5 Å². The smallest absolute Gasteiger partial charge is 0.416 e. The van der Waals surface area contributed by atoms with E-state index in [9.17, 15) is 18.0 Å². The van der Waals surface area contributed by atoms with Gasteiger partial charge >= 0.3 is 12.1 Å². The number of pyridine rings is 1. The van der Waals surface area contributed by atoms with Crippen LogP contribution >= 0.6 is 0 Å². The minimum absolute atomic E-state index is 0.214. The molecule has 6 heteroatoms. The summed E-state index contributed by atoms with van der Waals surface area (Å²) in [5, 5.41) is 0.724. The molecule has 1 heterocycles. The number of benzene rings is 2. The topological polar surface area (TPSA) is 39.2 Å². The second kappa shape index (κ2) is 7.85. The summed E-state index contributed by atoms with van der Waals surface area (Å²) in [5.74, 6) is -0.515. The Morgan fingerprint density at radius 1 is 1.00 bits per heavy atom. The molecule has 1 aliphatic rings. The predicted octanol–water partition coefficient (Wildman–Crippen LogP) is 5.88. The van der Waals surface area contributed by atoms with Crippen LogP contribution in [0.4, 0.5) is 13.2 Å². The fraction of sp³-hybridized carbons (Fsp3) is 0.304. The van der Waals surface area contributed by atoms with Gasteiger partial charge in [0, 0.05) is 11.1 Å². The molecule has 0 atom stereocenters. The molecule has 0 bridgehead atoms. The highest BCUT2D eigenvalue weighted by atomic mass is 19.4. The largest absolute Gasteiger partial charge is 0.457 e. The summed E-state index contributed by atoms with van der Waals surface area (Å²) in [4.78, 5) is 17.8. The van der Waals surface area contributed by atoms with Crippen molar-refractivity contribution in [3.63, 3.8) is 0 Å². The number of rotatable bonds is 3. The van der Waals surface area contributed by atoms with Crippen LogP contribution in [-0.4, -0.2) is 11.0 Å². The minimum atomic E-state index is -4.43. The van der Waals surface area contributed by atoms with Crippen LogP contribution in [0.2, 0.25) is 0 Å². The predicted molar refractivity (Wildman–Crippen MR) is 104 cm³/mol. The van der Waals surface area contributed by atoms with Crippen LogP contribution in [0, 0.1) is 0 Å². The number of ether oxygens (including phenoxy) is 1. The monoisotopic (exact) mass is 399 g/mol. The number of hydrogen-bond acceptors (Lipinski definition) is 3. The van der Waals surface area contributed by atoms with Gasteiger partial charge in [0.2, 0.25) is 0 Å². The number of para-hydroxylation sites is 1. The maximum absolute atomic E-state index is 13.0. The molecule has 0 saturated carbocycles. The van der Waals surface area contributed by atoms with Crippen LogP contribution in [0.1, 0.15) is 52.0 Å². The molecule has 1 aromatic heterocycles. The average molecular weight is 399 g/mol. The molecule has 0 amide bonds. The Bertz CT molecular complexity index is 1060. The number of alkyl halides is 3. The molecule has 1 aliphatic carbocycles. The molecule has 0 spiro atoms. The molecule has 0 radical (unpaired) electrons. The SMILES string of the molecule is O=C(OCc1cccc(C(F)(F)F)c1)c1c2c(nc3ccccc13)CCCCC2. The number of carbonyl (C=O) groups excluding carboxylic acids is 1. The van der Waals surface area contributed by atoms with Crippen molar-refractivity contribution in [2.75, 3.05) is 0 Å². The second-order valence-electron chi connectivity index (χ2n) is 7.26. The van der Waals surface area contributed by atoms with Crippen LogP contribution in [0.25, 0.3) is 10.9 Å². The van der Waals surface area contributed by atoms with E-state index in [0.29, 0.717) is 11.1 Å². The highest BCUT2D eigenvalue weighted by Gasteiger charge is 2.30. The summed E-state index contributed by atoms with van der Waals surface area (Å²) >= 11 is 0. The molecular formula is C23H20F3NO2. The van der Waals surface area contributed by atoms with Crippen molar-refractivity contribution in [1.29, 1.82) is 0 Å². The first-order valence-electron chi connectivity index (χ1n) is 9.67. The Morgan fingerprint density at radius 2 is 1.79 bits per heavy atom. The maximum atomic E-state index is 13.0. The molecule has 0 fully saturated rings. The maximum Gasteiger partial charge on any atom is 0.416 e. The molecule has 4 rings (SSSR count). The number of esters is 1. The van der Waals surface area contributed by atoms with Crippen molar-refractivity contribution in [2.24, 2.45) is 0 Å². The van der Waals surface area contributed by atoms with E-state index in [-0.39, 0.29) is 6.61 Å². The number of nitrogens with zero attached hydrogens (tertiary/aromatic N) is 1. The second-order valence-corrected chi connectivity index (χ2v) is 7.26. The summed E-state index contributed by atoms with van der Waals surface area (Å²) in [6.07, 6.45) is 0.206. The van der Waals surface area contributed by atoms with Gasteiger partial charge in [0.05, 0.1) is 16.6 Å². The van der Waals surface area contributed by atoms with Gasteiger partial charge in [0.1, 0.15) is 6.61 Å². The first-order valence-corrected chi connectivity index (χ1v) is 9.67. The summed E-state index contributed by atoms with van der Waals surface area (Å²) < 4.78 is 44.2. The van der Waals surface area contributed by atoms with Crippen molar-refractivity contribution in [3.8, 4) is 0 Å². The number of carbonyl (C=O) groups is 1. The van der Waals surface area contributed by atoms with E-state index >= 15 is 0 Å². The Kier molecular flexibility index (Phi) is 5.26.